The van der Waals surface area contributed by atoms with Crippen LogP contribution in [0.1, 0.15) is 132 Å². The zero-order valence-corrected chi connectivity index (χ0v) is 42.6. The van der Waals surface area contributed by atoms with Crippen LogP contribution in [0, 0.1) is 35.5 Å². The largest absolute Gasteiger partial charge is 0.460 e. The monoisotopic (exact) mass is 958 g/mol. The van der Waals surface area contributed by atoms with Crippen LogP contribution >= 0.6 is 0 Å². The van der Waals surface area contributed by atoms with Gasteiger partial charge < -0.3 is 48.6 Å². The molecule has 0 aromatic heterocycles. The van der Waals surface area contributed by atoms with Crippen LogP contribution in [0.3, 0.4) is 0 Å². The number of esters is 2. The van der Waals surface area contributed by atoms with Crippen LogP contribution < -0.4 is 0 Å². The SMILES string of the molecule is CO[C@H]1[C@@H](OC(C)=O)[C@H](C)C[C@H](C)/C=C/C=C/C=C(\C)[C@@H](OC)CC2CC[C@@H](C)[C@@](O)(O2)C(=O)C(=O)N2CCCCC2C(=O)O[C@H]([C@H](C)C[C@@H]2CC[C@@H](O)[C@H](OC)C2)CC(=O)[C@H](C)/C=C(\C)[C@H]1O. The number of cyclic esters (lactones) is 1. The number of rotatable bonds is 7. The van der Waals surface area contributed by atoms with Crippen LogP contribution in [0.4, 0.5) is 0 Å². The predicted molar refractivity (Wildman–Crippen MR) is 256 cm³/mol. The first-order valence-electron chi connectivity index (χ1n) is 25.0. The molecule has 15 heteroatoms. The van der Waals surface area contributed by atoms with E-state index in [9.17, 15) is 39.3 Å². The standard InChI is InChI=1S/C53H83NO14/c1-31-17-13-12-14-18-32(2)44(63-9)29-40-22-20-37(7)53(62,68-40)50(59)51(60)54-24-16-15-19-41(54)52(61)67-45(34(4)27-39-21-23-42(56)46(28-39)64-10)30-43(57)33(3)26-35(5)47(58)49(65-11)48(36(6)25-31)66-38(8)55/h12-14,17-18,26,31,33-34,36-37,39-42,44-49,56,58,62H,15-16,19-25,27-30H2,1-11H3/b14-12+,17-13+,32-18+,35-26+/t31-,33-,34-,36-,37-,39+,40?,41?,42-,44+,45+,46-,47-,48+,49-,53-/m1/s1. The van der Waals surface area contributed by atoms with Crippen LogP contribution in [-0.2, 0) is 52.4 Å². The molecule has 68 heavy (non-hydrogen) atoms. The van der Waals surface area contributed by atoms with Gasteiger partial charge in [-0.1, -0.05) is 71.1 Å². The molecule has 0 spiro atoms. The molecule has 384 valence electrons. The van der Waals surface area contributed by atoms with Crippen molar-refractivity contribution in [1.82, 2.24) is 4.90 Å². The summed E-state index contributed by atoms with van der Waals surface area (Å²) in [4.78, 5) is 70.8. The first kappa shape index (κ1) is 57.0. The molecule has 2 unspecified atom stereocenters. The molecule has 1 saturated carbocycles. The number of aliphatic hydroxyl groups excluding tert-OH is 2. The van der Waals surface area contributed by atoms with Gasteiger partial charge in [0, 0.05) is 59.5 Å². The van der Waals surface area contributed by atoms with Gasteiger partial charge in [0.1, 0.15) is 36.2 Å². The van der Waals surface area contributed by atoms with Crippen molar-refractivity contribution in [3.05, 3.63) is 47.6 Å². The zero-order valence-electron chi connectivity index (χ0n) is 42.6. The molecule has 3 aliphatic heterocycles. The van der Waals surface area contributed by atoms with Crippen LogP contribution in [0.5, 0.6) is 0 Å². The highest BCUT2D eigenvalue weighted by atomic mass is 16.6. The van der Waals surface area contributed by atoms with Gasteiger partial charge in [0.15, 0.2) is 0 Å². The average Bonchev–Trinajstić information content (AvgIpc) is 3.30. The fourth-order valence-electron chi connectivity index (χ4n) is 10.6. The van der Waals surface area contributed by atoms with Gasteiger partial charge in [0.05, 0.1) is 24.4 Å². The Balaban J connectivity index is 1.74. The van der Waals surface area contributed by atoms with E-state index in [2.05, 4.69) is 0 Å². The molecule has 1 aliphatic carbocycles. The molecule has 4 rings (SSSR count). The molecule has 2 bridgehead atoms. The number of hydrogen-bond acceptors (Lipinski definition) is 14. The number of nitrogens with zero attached hydrogens (tertiary/aromatic N) is 1. The van der Waals surface area contributed by atoms with Crippen molar-refractivity contribution in [2.45, 2.75) is 193 Å². The van der Waals surface area contributed by atoms with Crippen LogP contribution in [0.15, 0.2) is 47.6 Å². The van der Waals surface area contributed by atoms with Gasteiger partial charge in [0.25, 0.3) is 11.7 Å². The van der Waals surface area contributed by atoms with Crippen LogP contribution in [0.2, 0.25) is 0 Å². The third kappa shape index (κ3) is 15.2. The van der Waals surface area contributed by atoms with E-state index in [1.807, 2.05) is 58.1 Å². The highest BCUT2D eigenvalue weighted by Gasteiger charge is 2.53. The van der Waals surface area contributed by atoms with Crippen molar-refractivity contribution in [2.24, 2.45) is 35.5 Å². The Labute approximate surface area is 405 Å². The fourth-order valence-corrected chi connectivity index (χ4v) is 10.6. The van der Waals surface area contributed by atoms with Crippen molar-refractivity contribution in [2.75, 3.05) is 27.9 Å². The first-order chi connectivity index (χ1) is 32.1. The highest BCUT2D eigenvalue weighted by Crippen LogP contribution is 2.38. The molecular weight excluding hydrogens is 875 g/mol. The van der Waals surface area contributed by atoms with E-state index in [1.54, 1.807) is 41.1 Å². The van der Waals surface area contributed by atoms with Crippen molar-refractivity contribution in [3.8, 4) is 0 Å². The highest BCUT2D eigenvalue weighted by molar-refractivity contribution is 6.39. The van der Waals surface area contributed by atoms with E-state index in [0.717, 1.165) is 12.0 Å². The van der Waals surface area contributed by atoms with E-state index >= 15 is 0 Å². The molecule has 1 amide bonds. The number of ketones is 2. The lowest BCUT2D eigenvalue weighted by molar-refractivity contribution is -0.265. The number of fused-ring (bicyclic) bond motifs is 3. The average molecular weight is 958 g/mol. The van der Waals surface area contributed by atoms with E-state index in [0.29, 0.717) is 63.4 Å². The second kappa shape index (κ2) is 26.6. The summed E-state index contributed by atoms with van der Waals surface area (Å²) in [5, 5.41) is 34.3. The van der Waals surface area contributed by atoms with Crippen molar-refractivity contribution >= 4 is 29.4 Å². The van der Waals surface area contributed by atoms with E-state index in [4.69, 9.17) is 28.4 Å². The molecule has 15 nitrogen and oxygen atoms in total. The number of ether oxygens (including phenoxy) is 6. The van der Waals surface area contributed by atoms with Gasteiger partial charge in [-0.2, -0.15) is 0 Å². The molecule has 0 aromatic carbocycles. The quantitative estimate of drug-likeness (QED) is 0.141. The summed E-state index contributed by atoms with van der Waals surface area (Å²) in [5.41, 5.74) is 1.31. The maximum Gasteiger partial charge on any atom is 0.329 e. The van der Waals surface area contributed by atoms with Gasteiger partial charge in [-0.25, -0.2) is 4.79 Å². The summed E-state index contributed by atoms with van der Waals surface area (Å²) in [5.74, 6) is -8.03. The van der Waals surface area contributed by atoms with E-state index < -0.39 is 90.0 Å². The number of methoxy groups -OCH3 is 3. The smallest absolute Gasteiger partial charge is 0.329 e. The Morgan fingerprint density at radius 2 is 1.59 bits per heavy atom. The molecule has 3 N–H and O–H groups in total. The Morgan fingerprint density at radius 3 is 2.25 bits per heavy atom. The molecule has 3 fully saturated rings. The maximum atomic E-state index is 14.4. The summed E-state index contributed by atoms with van der Waals surface area (Å²) >= 11 is 0. The Kier molecular flexibility index (Phi) is 22.3. The summed E-state index contributed by atoms with van der Waals surface area (Å²) in [6.45, 7) is 14.3. The van der Waals surface area contributed by atoms with Crippen molar-refractivity contribution in [1.29, 1.82) is 0 Å². The van der Waals surface area contributed by atoms with Gasteiger partial charge in [-0.15, -0.1) is 0 Å². The van der Waals surface area contributed by atoms with Gasteiger partial charge in [0.2, 0.25) is 5.79 Å². The molecule has 3 heterocycles. The number of piperidine rings is 1. The number of aliphatic hydroxyl groups is 3. The second-order valence-corrected chi connectivity index (χ2v) is 20.4. The molecule has 16 atom stereocenters. The van der Waals surface area contributed by atoms with Crippen molar-refractivity contribution < 1.29 is 67.7 Å². The molecular formula is C53H83NO14. The third-order valence-corrected chi connectivity index (χ3v) is 15.0. The lowest BCUT2D eigenvalue weighted by Crippen LogP contribution is -2.61. The first-order valence-corrected chi connectivity index (χ1v) is 25.0. The minimum atomic E-state index is -2.43. The third-order valence-electron chi connectivity index (χ3n) is 15.0. The topological polar surface area (TPSA) is 205 Å². The Morgan fingerprint density at radius 1 is 0.868 bits per heavy atom. The van der Waals surface area contributed by atoms with E-state index in [-0.39, 0.29) is 54.9 Å². The van der Waals surface area contributed by atoms with Gasteiger partial charge in [-0.3, -0.25) is 19.2 Å². The molecule has 4 aliphatic rings. The molecule has 0 aromatic rings. The zero-order chi connectivity index (χ0) is 50.5. The minimum absolute atomic E-state index is 0.0416. The van der Waals surface area contributed by atoms with Gasteiger partial charge in [-0.05, 0) is 113 Å². The van der Waals surface area contributed by atoms with Crippen LogP contribution in [-0.4, -0.2) is 138 Å². The summed E-state index contributed by atoms with van der Waals surface area (Å²) in [6, 6.07) is -1.15. The number of allylic oxidation sites excluding steroid dienone is 6. The van der Waals surface area contributed by atoms with Gasteiger partial charge >= 0.3 is 11.9 Å². The minimum Gasteiger partial charge on any atom is -0.460 e. The van der Waals surface area contributed by atoms with Crippen LogP contribution in [0.25, 0.3) is 0 Å². The normalized spacial score (nSPS) is 40.1. The predicted octanol–water partition coefficient (Wildman–Crippen LogP) is 6.54. The Hall–Kier alpha value is -3.57. The Bertz CT molecular complexity index is 1830. The van der Waals surface area contributed by atoms with Crippen molar-refractivity contribution in [3.63, 3.8) is 0 Å². The van der Waals surface area contributed by atoms with E-state index in [1.165, 1.54) is 18.9 Å². The number of hydrogen-bond donors (Lipinski definition) is 3. The summed E-state index contributed by atoms with van der Waals surface area (Å²) < 4.78 is 35.5. The number of amides is 1. The summed E-state index contributed by atoms with van der Waals surface area (Å²) in [6.07, 6.45) is 10.8. The lowest BCUT2D eigenvalue weighted by Gasteiger charge is -2.42. The number of carbonyl (C=O) groups is 5. The lowest BCUT2D eigenvalue weighted by atomic mass is 9.78. The molecule has 2 saturated heterocycles. The number of Topliss-reactive ketones (excluding diaryl/α,β-unsaturated/α-hetero) is 2. The second-order valence-electron chi connectivity index (χ2n) is 20.4. The maximum absolute atomic E-state index is 14.4. The number of carbonyl (C=O) groups excluding carboxylic acids is 5. The molecule has 0 radical (unpaired) electrons. The fraction of sp³-hybridized carbons (Fsp3) is 0.755. The summed E-state index contributed by atoms with van der Waals surface area (Å²) in [7, 11) is 4.59.